The molecule has 1 heterocycles. The van der Waals surface area contributed by atoms with Crippen LogP contribution >= 0.6 is 11.6 Å². The highest BCUT2D eigenvalue weighted by molar-refractivity contribution is 7.92. The number of rotatable bonds is 7. The molecule has 2 aliphatic carbocycles. The van der Waals surface area contributed by atoms with Crippen LogP contribution in [0.25, 0.3) is 0 Å². The first-order valence-electron chi connectivity index (χ1n) is 13.9. The molecule has 3 fully saturated rings. The maximum atomic E-state index is 13.9. The van der Waals surface area contributed by atoms with Crippen LogP contribution in [0.4, 0.5) is 18.9 Å². The summed E-state index contributed by atoms with van der Waals surface area (Å²) in [5, 5.41) is 15.9. The number of ether oxygens (including phenoxy) is 1. The maximum absolute atomic E-state index is 13.9. The first-order valence-corrected chi connectivity index (χ1v) is 15.8. The molecule has 2 bridgehead atoms. The number of amides is 2. The molecule has 8 nitrogen and oxygen atoms in total. The summed E-state index contributed by atoms with van der Waals surface area (Å²) in [7, 11) is -4.08. The number of carbonyl (C=O) groups excluding carboxylic acids is 2. The van der Waals surface area contributed by atoms with Crippen LogP contribution in [0.2, 0.25) is 5.02 Å². The third kappa shape index (κ3) is 5.78. The van der Waals surface area contributed by atoms with Crippen molar-refractivity contribution in [2.45, 2.75) is 54.8 Å². The number of benzene rings is 2. The van der Waals surface area contributed by atoms with Crippen LogP contribution in [-0.4, -0.2) is 55.9 Å². The predicted molar refractivity (Wildman–Crippen MR) is 148 cm³/mol. The fourth-order valence-electron chi connectivity index (χ4n) is 6.78. The third-order valence-corrected chi connectivity index (χ3v) is 11.7. The number of sulfone groups is 1. The van der Waals surface area contributed by atoms with E-state index >= 15 is 0 Å². The zero-order chi connectivity index (χ0) is 30.4. The summed E-state index contributed by atoms with van der Waals surface area (Å²) >= 11 is 6.30. The Balaban J connectivity index is 1.32. The highest BCUT2D eigenvalue weighted by atomic mass is 35.5. The van der Waals surface area contributed by atoms with Crippen LogP contribution in [0.1, 0.15) is 49.4 Å². The number of nitrogens with one attached hydrogen (secondary N) is 2. The molecule has 3 aliphatic rings. The van der Waals surface area contributed by atoms with E-state index in [9.17, 15) is 36.3 Å². The minimum absolute atomic E-state index is 0.0178. The number of halogens is 4. The van der Waals surface area contributed by atoms with E-state index in [1.165, 1.54) is 12.1 Å². The van der Waals surface area contributed by atoms with E-state index in [2.05, 4.69) is 10.6 Å². The molecule has 1 aliphatic heterocycles. The molecule has 2 aromatic rings. The number of hydrogen-bond acceptors (Lipinski definition) is 6. The molecule has 2 saturated carbocycles. The number of anilines is 1. The summed E-state index contributed by atoms with van der Waals surface area (Å²) in [6.07, 6.45) is 2.12. The molecule has 0 radical (unpaired) electrons. The van der Waals surface area contributed by atoms with E-state index in [1.807, 2.05) is 6.92 Å². The first kappa shape index (κ1) is 30.8. The van der Waals surface area contributed by atoms with Gasteiger partial charge in [-0.25, -0.2) is 21.6 Å². The Hall–Kier alpha value is -2.67. The van der Waals surface area contributed by atoms with Crippen molar-refractivity contribution in [3.05, 3.63) is 58.4 Å². The lowest BCUT2D eigenvalue weighted by Crippen LogP contribution is -2.56. The van der Waals surface area contributed by atoms with Gasteiger partial charge in [-0.15, -0.1) is 0 Å². The van der Waals surface area contributed by atoms with Gasteiger partial charge in [-0.3, -0.25) is 9.59 Å². The van der Waals surface area contributed by atoms with Gasteiger partial charge in [0.15, 0.2) is 27.3 Å². The topological polar surface area (TPSA) is 122 Å². The highest BCUT2D eigenvalue weighted by Crippen LogP contribution is 2.54. The normalized spacial score (nSPS) is 28.0. The van der Waals surface area contributed by atoms with Crippen molar-refractivity contribution in [2.75, 3.05) is 25.1 Å². The van der Waals surface area contributed by atoms with E-state index in [1.54, 1.807) is 0 Å². The van der Waals surface area contributed by atoms with Gasteiger partial charge in [-0.2, -0.15) is 0 Å². The fourth-order valence-corrected chi connectivity index (χ4v) is 9.16. The van der Waals surface area contributed by atoms with Crippen molar-refractivity contribution in [1.29, 1.82) is 0 Å². The number of aliphatic hydroxyl groups is 1. The molecule has 13 heteroatoms. The summed E-state index contributed by atoms with van der Waals surface area (Å²) in [4.78, 5) is 25.3. The Morgan fingerprint density at radius 2 is 1.74 bits per heavy atom. The van der Waals surface area contributed by atoms with Crippen LogP contribution in [0.3, 0.4) is 0 Å². The van der Waals surface area contributed by atoms with Crippen molar-refractivity contribution in [1.82, 2.24) is 5.32 Å². The predicted octanol–water partition coefficient (Wildman–Crippen LogP) is 4.49. The molecular weight excluding hydrogens is 597 g/mol. The maximum Gasteiger partial charge on any atom is 0.255 e. The second-order valence-electron chi connectivity index (χ2n) is 11.6. The Morgan fingerprint density at radius 3 is 2.38 bits per heavy atom. The largest absolute Gasteiger partial charge is 0.387 e. The van der Waals surface area contributed by atoms with Gasteiger partial charge in [0.1, 0.15) is 0 Å². The lowest BCUT2D eigenvalue weighted by molar-refractivity contribution is -0.131. The standard InChI is InChI=1S/C29H32ClF3N2O6S/c1-15-8-18-10-20(13-21(15)29(18,38)14-34-27(36)16-4-6-41-7-5-16)42(39,40)25-9-17(2-3-22(25)30)28(37)35-19-11-23(31)26(33)24(32)12-19/h2-3,9,11-12,15-16,18,20-21,38H,4-8,10,13-14H2,1H3,(H,34,36)(H,35,37)/t15-,18?,20?,21?,29+/m0/s1. The van der Waals surface area contributed by atoms with Crippen LogP contribution in [0.5, 0.6) is 0 Å². The second kappa shape index (κ2) is 11.8. The highest BCUT2D eigenvalue weighted by Gasteiger charge is 2.58. The number of hydrogen-bond donors (Lipinski definition) is 3. The van der Waals surface area contributed by atoms with Gasteiger partial charge in [0.05, 0.1) is 20.8 Å². The van der Waals surface area contributed by atoms with E-state index in [0.717, 1.165) is 6.07 Å². The zero-order valence-electron chi connectivity index (χ0n) is 22.8. The minimum atomic E-state index is -4.08. The molecule has 228 valence electrons. The lowest BCUT2D eigenvalue weighted by Gasteiger charge is -2.43. The molecule has 42 heavy (non-hydrogen) atoms. The summed E-state index contributed by atoms with van der Waals surface area (Å²) in [6.45, 7) is 3.03. The van der Waals surface area contributed by atoms with Crippen molar-refractivity contribution in [3.63, 3.8) is 0 Å². The Labute approximate surface area is 246 Å². The van der Waals surface area contributed by atoms with E-state index in [0.29, 0.717) is 44.6 Å². The van der Waals surface area contributed by atoms with Crippen molar-refractivity contribution in [2.24, 2.45) is 23.7 Å². The summed E-state index contributed by atoms with van der Waals surface area (Å²) in [6, 6.07) is 4.83. The fraction of sp³-hybridized carbons (Fsp3) is 0.517. The van der Waals surface area contributed by atoms with Crippen molar-refractivity contribution >= 4 is 38.9 Å². The third-order valence-electron chi connectivity index (χ3n) is 9.07. The number of carbonyl (C=O) groups is 2. The first-order chi connectivity index (χ1) is 19.8. The molecule has 5 atom stereocenters. The molecule has 3 N–H and O–H groups in total. The average Bonchev–Trinajstić information content (AvgIpc) is 3.07. The van der Waals surface area contributed by atoms with Crippen molar-refractivity contribution < 1.29 is 41.0 Å². The lowest BCUT2D eigenvalue weighted by atomic mass is 9.73. The molecule has 0 spiro atoms. The molecule has 2 amide bonds. The van der Waals surface area contributed by atoms with E-state index in [-0.39, 0.29) is 70.1 Å². The Bertz CT molecular complexity index is 1480. The van der Waals surface area contributed by atoms with Gasteiger partial charge in [0, 0.05) is 49.1 Å². The Morgan fingerprint density at radius 1 is 1.07 bits per heavy atom. The summed E-state index contributed by atoms with van der Waals surface area (Å²) < 4.78 is 73.5. The minimum Gasteiger partial charge on any atom is -0.387 e. The van der Waals surface area contributed by atoms with Crippen LogP contribution < -0.4 is 10.6 Å². The molecule has 2 aromatic carbocycles. The molecular formula is C29H32ClF3N2O6S. The van der Waals surface area contributed by atoms with Gasteiger partial charge in [0.25, 0.3) is 5.91 Å². The molecule has 5 rings (SSSR count). The van der Waals surface area contributed by atoms with E-state index < -0.39 is 44.0 Å². The van der Waals surface area contributed by atoms with Gasteiger partial charge >= 0.3 is 0 Å². The van der Waals surface area contributed by atoms with Crippen LogP contribution in [0, 0.1) is 41.1 Å². The summed E-state index contributed by atoms with van der Waals surface area (Å²) in [5.41, 5.74) is -1.74. The smallest absolute Gasteiger partial charge is 0.255 e. The van der Waals surface area contributed by atoms with Crippen LogP contribution in [-0.2, 0) is 19.4 Å². The molecule has 3 unspecified atom stereocenters. The van der Waals surface area contributed by atoms with Gasteiger partial charge in [-0.05, 0) is 68.1 Å². The zero-order valence-corrected chi connectivity index (χ0v) is 24.4. The summed E-state index contributed by atoms with van der Waals surface area (Å²) in [5.74, 6) is -6.61. The number of fused-ring (bicyclic) bond motifs is 2. The van der Waals surface area contributed by atoms with E-state index in [4.69, 9.17) is 16.3 Å². The van der Waals surface area contributed by atoms with Crippen LogP contribution in [0.15, 0.2) is 35.2 Å². The Kier molecular flexibility index (Phi) is 8.63. The quantitative estimate of drug-likeness (QED) is 0.389. The molecule has 0 aromatic heterocycles. The second-order valence-corrected chi connectivity index (χ2v) is 14.2. The monoisotopic (exact) mass is 628 g/mol. The molecule has 1 saturated heterocycles. The van der Waals surface area contributed by atoms with Gasteiger partial charge in [0.2, 0.25) is 5.91 Å². The van der Waals surface area contributed by atoms with Gasteiger partial charge < -0.3 is 20.5 Å². The average molecular weight is 629 g/mol. The van der Waals surface area contributed by atoms with Gasteiger partial charge in [-0.1, -0.05) is 18.5 Å². The van der Waals surface area contributed by atoms with Crippen molar-refractivity contribution in [3.8, 4) is 0 Å². The SMILES string of the molecule is C[C@H]1CC2CC(S(=O)(=O)c3cc(C(=O)Nc4cc(F)c(F)c(F)c4)ccc3Cl)CC1[C@@]2(O)CNC(=O)C1CCOCC1.